The molecule has 0 aromatic heterocycles. The summed E-state index contributed by atoms with van der Waals surface area (Å²) in [7, 11) is 0. The quantitative estimate of drug-likeness (QED) is 0.861. The van der Waals surface area contributed by atoms with Gasteiger partial charge >= 0.3 is 0 Å². The van der Waals surface area contributed by atoms with Crippen molar-refractivity contribution in [1.29, 1.82) is 0 Å². The van der Waals surface area contributed by atoms with Crippen molar-refractivity contribution in [3.63, 3.8) is 0 Å². The lowest BCUT2D eigenvalue weighted by Gasteiger charge is -2.22. The number of rotatable bonds is 3. The third kappa shape index (κ3) is 3.57. The van der Waals surface area contributed by atoms with Crippen LogP contribution in [0.3, 0.4) is 0 Å². The van der Waals surface area contributed by atoms with E-state index in [0.29, 0.717) is 12.3 Å². The highest BCUT2D eigenvalue weighted by Crippen LogP contribution is 2.20. The number of benzene rings is 1. The Bertz CT molecular complexity index is 423. The van der Waals surface area contributed by atoms with Crippen molar-refractivity contribution in [1.82, 2.24) is 5.32 Å². The first-order valence-electron chi connectivity index (χ1n) is 6.73. The maximum absolute atomic E-state index is 12.0. The Balaban J connectivity index is 1.92. The zero-order valence-electron chi connectivity index (χ0n) is 11.3. The largest absolute Gasteiger partial charge is 0.326 e. The molecule has 0 spiro atoms. The summed E-state index contributed by atoms with van der Waals surface area (Å²) in [5.41, 5.74) is 3.26. The van der Waals surface area contributed by atoms with Gasteiger partial charge in [-0.15, -0.1) is 0 Å². The number of amides is 1. The van der Waals surface area contributed by atoms with Crippen LogP contribution in [-0.2, 0) is 4.79 Å². The van der Waals surface area contributed by atoms with Crippen LogP contribution in [0.1, 0.15) is 30.4 Å². The van der Waals surface area contributed by atoms with Gasteiger partial charge in [-0.3, -0.25) is 4.79 Å². The summed E-state index contributed by atoms with van der Waals surface area (Å²) < 4.78 is 0. The van der Waals surface area contributed by atoms with Crippen LogP contribution in [0.25, 0.3) is 0 Å². The molecular weight excluding hydrogens is 224 g/mol. The number of hydrogen-bond donors (Lipinski definition) is 2. The fourth-order valence-corrected chi connectivity index (χ4v) is 2.42. The number of hydrogen-bond acceptors (Lipinski definition) is 2. The van der Waals surface area contributed by atoms with Crippen LogP contribution in [0.15, 0.2) is 18.2 Å². The highest BCUT2D eigenvalue weighted by atomic mass is 16.1. The predicted octanol–water partition coefficient (Wildman–Crippen LogP) is 2.63. The SMILES string of the molecule is Cc1ccc(C)c(NC(=O)CC2CCNCC2)c1. The number of nitrogens with one attached hydrogen (secondary N) is 2. The van der Waals surface area contributed by atoms with Gasteiger partial charge in [-0.1, -0.05) is 12.1 Å². The van der Waals surface area contributed by atoms with E-state index in [1.165, 1.54) is 5.56 Å². The van der Waals surface area contributed by atoms with Gasteiger partial charge in [0.2, 0.25) is 5.91 Å². The highest BCUT2D eigenvalue weighted by molar-refractivity contribution is 5.91. The van der Waals surface area contributed by atoms with Crippen LogP contribution in [0, 0.1) is 19.8 Å². The Labute approximate surface area is 109 Å². The molecule has 3 heteroatoms. The van der Waals surface area contributed by atoms with Crippen LogP contribution in [0.5, 0.6) is 0 Å². The molecule has 0 atom stereocenters. The topological polar surface area (TPSA) is 41.1 Å². The van der Waals surface area contributed by atoms with E-state index in [0.717, 1.165) is 37.2 Å². The average molecular weight is 246 g/mol. The van der Waals surface area contributed by atoms with Crippen molar-refractivity contribution < 1.29 is 4.79 Å². The lowest BCUT2D eigenvalue weighted by atomic mass is 9.94. The second-order valence-electron chi connectivity index (χ2n) is 5.26. The lowest BCUT2D eigenvalue weighted by molar-refractivity contribution is -0.117. The Morgan fingerprint density at radius 2 is 2.06 bits per heavy atom. The normalized spacial score (nSPS) is 16.6. The second-order valence-corrected chi connectivity index (χ2v) is 5.26. The zero-order valence-corrected chi connectivity index (χ0v) is 11.3. The monoisotopic (exact) mass is 246 g/mol. The second kappa shape index (κ2) is 6.01. The van der Waals surface area contributed by atoms with Gasteiger partial charge in [0.15, 0.2) is 0 Å². The van der Waals surface area contributed by atoms with Crippen molar-refractivity contribution in [2.24, 2.45) is 5.92 Å². The van der Waals surface area contributed by atoms with Gasteiger partial charge in [0.25, 0.3) is 0 Å². The Kier molecular flexibility index (Phi) is 4.37. The summed E-state index contributed by atoms with van der Waals surface area (Å²) in [5, 5.41) is 6.36. The van der Waals surface area contributed by atoms with Crippen molar-refractivity contribution in [3.8, 4) is 0 Å². The number of anilines is 1. The standard InChI is InChI=1S/C15H22N2O/c1-11-3-4-12(2)14(9-11)17-15(18)10-13-5-7-16-8-6-13/h3-4,9,13,16H,5-8,10H2,1-2H3,(H,17,18). The van der Waals surface area contributed by atoms with Crippen LogP contribution >= 0.6 is 0 Å². The van der Waals surface area contributed by atoms with E-state index in [1.54, 1.807) is 0 Å². The van der Waals surface area contributed by atoms with Gasteiger partial charge in [0, 0.05) is 12.1 Å². The first-order chi connectivity index (χ1) is 8.65. The van der Waals surface area contributed by atoms with Gasteiger partial charge < -0.3 is 10.6 Å². The molecule has 0 aliphatic carbocycles. The molecule has 98 valence electrons. The number of piperidine rings is 1. The Hall–Kier alpha value is -1.35. The summed E-state index contributed by atoms with van der Waals surface area (Å²) in [6.45, 7) is 6.16. The lowest BCUT2D eigenvalue weighted by Crippen LogP contribution is -2.30. The molecule has 0 radical (unpaired) electrons. The third-order valence-electron chi connectivity index (χ3n) is 3.60. The van der Waals surface area contributed by atoms with E-state index >= 15 is 0 Å². The van der Waals surface area contributed by atoms with E-state index in [2.05, 4.69) is 22.8 Å². The molecule has 1 aliphatic rings. The van der Waals surface area contributed by atoms with Gasteiger partial charge in [0.1, 0.15) is 0 Å². The molecule has 1 fully saturated rings. The first-order valence-corrected chi connectivity index (χ1v) is 6.73. The fourth-order valence-electron chi connectivity index (χ4n) is 2.42. The van der Waals surface area contributed by atoms with E-state index in [1.807, 2.05) is 19.9 Å². The molecule has 2 rings (SSSR count). The van der Waals surface area contributed by atoms with Crippen LogP contribution in [0.2, 0.25) is 0 Å². The minimum Gasteiger partial charge on any atom is -0.326 e. The molecule has 1 saturated heterocycles. The predicted molar refractivity (Wildman–Crippen MR) is 74.8 cm³/mol. The van der Waals surface area contributed by atoms with Crippen LogP contribution in [0.4, 0.5) is 5.69 Å². The number of carbonyl (C=O) groups is 1. The molecular formula is C15H22N2O. The third-order valence-corrected chi connectivity index (χ3v) is 3.60. The van der Waals surface area contributed by atoms with Gasteiger partial charge in [-0.2, -0.15) is 0 Å². The molecule has 0 bridgehead atoms. The highest BCUT2D eigenvalue weighted by Gasteiger charge is 2.17. The molecule has 2 N–H and O–H groups in total. The van der Waals surface area contributed by atoms with Gasteiger partial charge in [0.05, 0.1) is 0 Å². The Morgan fingerprint density at radius 3 is 2.78 bits per heavy atom. The van der Waals surface area contributed by atoms with Gasteiger partial charge in [-0.05, 0) is 62.9 Å². The van der Waals surface area contributed by atoms with E-state index < -0.39 is 0 Å². The van der Waals surface area contributed by atoms with Gasteiger partial charge in [-0.25, -0.2) is 0 Å². The summed E-state index contributed by atoms with van der Waals surface area (Å²) in [4.78, 5) is 12.0. The maximum Gasteiger partial charge on any atom is 0.224 e. The van der Waals surface area contributed by atoms with E-state index in [9.17, 15) is 4.79 Å². The van der Waals surface area contributed by atoms with Crippen LogP contribution < -0.4 is 10.6 Å². The minimum absolute atomic E-state index is 0.149. The smallest absolute Gasteiger partial charge is 0.224 e. The molecule has 1 heterocycles. The molecule has 3 nitrogen and oxygen atoms in total. The zero-order chi connectivity index (χ0) is 13.0. The van der Waals surface area contributed by atoms with E-state index in [-0.39, 0.29) is 5.91 Å². The van der Waals surface area contributed by atoms with Crippen molar-refractivity contribution in [2.75, 3.05) is 18.4 Å². The fraction of sp³-hybridized carbons (Fsp3) is 0.533. The van der Waals surface area contributed by atoms with E-state index in [4.69, 9.17) is 0 Å². The molecule has 0 unspecified atom stereocenters. The molecule has 18 heavy (non-hydrogen) atoms. The first kappa shape index (κ1) is 13.1. The molecule has 0 saturated carbocycles. The Morgan fingerprint density at radius 1 is 1.33 bits per heavy atom. The summed E-state index contributed by atoms with van der Waals surface area (Å²) >= 11 is 0. The number of carbonyl (C=O) groups excluding carboxylic acids is 1. The summed E-state index contributed by atoms with van der Waals surface area (Å²) in [5.74, 6) is 0.687. The van der Waals surface area contributed by atoms with Crippen LogP contribution in [-0.4, -0.2) is 19.0 Å². The van der Waals surface area contributed by atoms with Crippen molar-refractivity contribution in [3.05, 3.63) is 29.3 Å². The maximum atomic E-state index is 12.0. The molecule has 1 amide bonds. The van der Waals surface area contributed by atoms with Crippen molar-refractivity contribution >= 4 is 11.6 Å². The molecule has 1 aromatic carbocycles. The van der Waals surface area contributed by atoms with Crippen molar-refractivity contribution in [2.45, 2.75) is 33.1 Å². The minimum atomic E-state index is 0.149. The molecule has 1 aliphatic heterocycles. The molecule has 1 aromatic rings. The summed E-state index contributed by atoms with van der Waals surface area (Å²) in [6.07, 6.45) is 2.87. The number of aryl methyl sites for hydroxylation is 2. The summed E-state index contributed by atoms with van der Waals surface area (Å²) in [6, 6.07) is 6.16. The average Bonchev–Trinajstić information content (AvgIpc) is 2.35.